The second-order valence-corrected chi connectivity index (χ2v) is 5.51. The van der Waals surface area contributed by atoms with Crippen molar-refractivity contribution < 1.29 is 4.74 Å². The normalized spacial score (nSPS) is 10.4. The molecule has 0 atom stereocenters. The van der Waals surface area contributed by atoms with Crippen LogP contribution in [0.2, 0.25) is 0 Å². The van der Waals surface area contributed by atoms with Crippen LogP contribution in [0.3, 0.4) is 0 Å². The molecule has 2 nitrogen and oxygen atoms in total. The minimum Gasteiger partial charge on any atom is -0.497 e. The molecule has 106 valence electrons. The molecule has 0 spiro atoms. The summed E-state index contributed by atoms with van der Waals surface area (Å²) < 4.78 is 5.18. The van der Waals surface area contributed by atoms with Crippen LogP contribution in [0.5, 0.6) is 5.75 Å². The highest BCUT2D eigenvalue weighted by atomic mass is 79.9. The molecule has 0 aliphatic carbocycles. The van der Waals surface area contributed by atoms with Crippen LogP contribution < -0.4 is 9.64 Å². The van der Waals surface area contributed by atoms with E-state index in [-0.39, 0.29) is 0 Å². The zero-order chi connectivity index (χ0) is 14.5. The zero-order valence-corrected chi connectivity index (χ0v) is 13.8. The third kappa shape index (κ3) is 3.54. The van der Waals surface area contributed by atoms with Crippen molar-refractivity contribution >= 4 is 21.6 Å². The van der Waals surface area contributed by atoms with Gasteiger partial charge < -0.3 is 9.64 Å². The van der Waals surface area contributed by atoms with Crippen molar-refractivity contribution in [2.45, 2.75) is 18.8 Å². The van der Waals surface area contributed by atoms with Crippen LogP contribution in [-0.2, 0) is 11.9 Å². The van der Waals surface area contributed by atoms with Gasteiger partial charge in [0, 0.05) is 24.6 Å². The van der Waals surface area contributed by atoms with Gasteiger partial charge in [0.15, 0.2) is 0 Å². The number of hydrogen-bond acceptors (Lipinski definition) is 2. The maximum Gasteiger partial charge on any atom is 0.118 e. The third-order valence-corrected chi connectivity index (χ3v) is 4.09. The molecule has 0 aliphatic rings. The van der Waals surface area contributed by atoms with E-state index in [4.69, 9.17) is 4.74 Å². The third-order valence-electron chi connectivity index (χ3n) is 3.49. The van der Waals surface area contributed by atoms with Gasteiger partial charge in [-0.05, 0) is 47.9 Å². The first-order chi connectivity index (χ1) is 9.63. The highest BCUT2D eigenvalue weighted by Crippen LogP contribution is 2.22. The average Bonchev–Trinajstić information content (AvgIpc) is 2.48. The van der Waals surface area contributed by atoms with E-state index in [1.54, 1.807) is 7.11 Å². The molecule has 0 heterocycles. The van der Waals surface area contributed by atoms with Crippen LogP contribution >= 0.6 is 15.9 Å². The highest BCUT2D eigenvalue weighted by Gasteiger charge is 2.05. The van der Waals surface area contributed by atoms with E-state index in [9.17, 15) is 0 Å². The lowest BCUT2D eigenvalue weighted by molar-refractivity contribution is 0.414. The monoisotopic (exact) mass is 333 g/mol. The van der Waals surface area contributed by atoms with Gasteiger partial charge in [0.1, 0.15) is 5.75 Å². The van der Waals surface area contributed by atoms with Crippen molar-refractivity contribution in [1.29, 1.82) is 0 Å². The number of hydrogen-bond donors (Lipinski definition) is 0. The van der Waals surface area contributed by atoms with Crippen molar-refractivity contribution in [1.82, 2.24) is 0 Å². The fourth-order valence-corrected chi connectivity index (χ4v) is 2.79. The summed E-state index contributed by atoms with van der Waals surface area (Å²) in [6, 6.07) is 14.8. The van der Waals surface area contributed by atoms with Gasteiger partial charge in [0.05, 0.1) is 7.11 Å². The van der Waals surface area contributed by atoms with Gasteiger partial charge in [-0.25, -0.2) is 0 Å². The van der Waals surface area contributed by atoms with Crippen molar-refractivity contribution in [3.8, 4) is 5.75 Å². The predicted molar refractivity (Wildman–Crippen MR) is 88.9 cm³/mol. The lowest BCUT2D eigenvalue weighted by atomic mass is 10.1. The van der Waals surface area contributed by atoms with Gasteiger partial charge in [0.25, 0.3) is 0 Å². The van der Waals surface area contributed by atoms with Crippen molar-refractivity contribution in [2.75, 3.05) is 19.1 Å². The maximum atomic E-state index is 5.18. The molecule has 3 heteroatoms. The number of benzene rings is 2. The Morgan fingerprint density at radius 3 is 2.35 bits per heavy atom. The first-order valence-corrected chi connectivity index (χ1v) is 7.75. The molecule has 0 aliphatic heterocycles. The Labute approximate surface area is 129 Å². The number of alkyl halides is 1. The molecule has 0 aromatic heterocycles. The zero-order valence-electron chi connectivity index (χ0n) is 12.2. The largest absolute Gasteiger partial charge is 0.497 e. The van der Waals surface area contributed by atoms with Crippen LogP contribution in [0, 0.1) is 6.92 Å². The molecule has 0 unspecified atom stereocenters. The number of rotatable bonds is 5. The Morgan fingerprint density at radius 1 is 1.10 bits per heavy atom. The summed E-state index contributed by atoms with van der Waals surface area (Å²) in [5.74, 6) is 0.897. The standard InChI is InChI=1S/C17H20BrNO/c1-13-10-16(7-6-15(13)11-18)19(2)12-14-4-8-17(20-3)9-5-14/h4-10H,11-12H2,1-3H3. The SMILES string of the molecule is COc1ccc(CN(C)c2ccc(CBr)c(C)c2)cc1. The summed E-state index contributed by atoms with van der Waals surface area (Å²) in [7, 11) is 3.81. The molecule has 2 rings (SSSR count). The predicted octanol–water partition coefficient (Wildman–Crippen LogP) is 4.53. The van der Waals surface area contributed by atoms with E-state index >= 15 is 0 Å². The van der Waals surface area contributed by atoms with E-state index in [0.29, 0.717) is 0 Å². The molecule has 0 saturated carbocycles. The van der Waals surface area contributed by atoms with Crippen molar-refractivity contribution in [3.63, 3.8) is 0 Å². The number of aryl methyl sites for hydroxylation is 1. The first kappa shape index (κ1) is 14.9. The van der Waals surface area contributed by atoms with E-state index < -0.39 is 0 Å². The minimum atomic E-state index is 0.886. The van der Waals surface area contributed by atoms with E-state index in [0.717, 1.165) is 17.6 Å². The molecular weight excluding hydrogens is 314 g/mol. The average molecular weight is 334 g/mol. The van der Waals surface area contributed by atoms with Gasteiger partial charge in [-0.1, -0.05) is 34.1 Å². The summed E-state index contributed by atoms with van der Waals surface area (Å²) in [4.78, 5) is 2.26. The topological polar surface area (TPSA) is 12.5 Å². The number of anilines is 1. The summed E-state index contributed by atoms with van der Waals surface area (Å²) >= 11 is 3.51. The van der Waals surface area contributed by atoms with Crippen molar-refractivity contribution in [2.24, 2.45) is 0 Å². The molecule has 0 bridgehead atoms. The van der Waals surface area contributed by atoms with Crippen LogP contribution in [0.1, 0.15) is 16.7 Å². The Hall–Kier alpha value is -1.48. The minimum absolute atomic E-state index is 0.886. The van der Waals surface area contributed by atoms with Gasteiger partial charge in [-0.3, -0.25) is 0 Å². The van der Waals surface area contributed by atoms with Crippen LogP contribution in [0.15, 0.2) is 42.5 Å². The Balaban J connectivity index is 2.10. The summed E-state index contributed by atoms with van der Waals surface area (Å²) in [6.07, 6.45) is 0. The molecular formula is C17H20BrNO. The Kier molecular flexibility index (Phi) is 5.07. The van der Waals surface area contributed by atoms with E-state index in [1.165, 1.54) is 22.4 Å². The van der Waals surface area contributed by atoms with Crippen LogP contribution in [0.4, 0.5) is 5.69 Å². The Morgan fingerprint density at radius 2 is 1.80 bits per heavy atom. The summed E-state index contributed by atoms with van der Waals surface area (Å²) in [5.41, 5.74) is 5.17. The molecule has 0 saturated heterocycles. The fraction of sp³-hybridized carbons (Fsp3) is 0.294. The lowest BCUT2D eigenvalue weighted by Crippen LogP contribution is -2.16. The van der Waals surface area contributed by atoms with Gasteiger partial charge in [-0.2, -0.15) is 0 Å². The molecule has 0 amide bonds. The molecule has 20 heavy (non-hydrogen) atoms. The second kappa shape index (κ2) is 6.80. The Bertz CT molecular complexity index is 566. The lowest BCUT2D eigenvalue weighted by Gasteiger charge is -2.21. The van der Waals surface area contributed by atoms with Crippen molar-refractivity contribution in [3.05, 3.63) is 59.2 Å². The summed E-state index contributed by atoms with van der Waals surface area (Å²) in [5, 5.41) is 0.904. The number of nitrogens with zero attached hydrogens (tertiary/aromatic N) is 1. The van der Waals surface area contributed by atoms with Gasteiger partial charge in [0.2, 0.25) is 0 Å². The quantitative estimate of drug-likeness (QED) is 0.745. The summed E-state index contributed by atoms with van der Waals surface area (Å²) in [6.45, 7) is 3.04. The number of halogens is 1. The van der Waals surface area contributed by atoms with E-state index in [1.807, 2.05) is 12.1 Å². The first-order valence-electron chi connectivity index (χ1n) is 6.63. The molecule has 0 N–H and O–H groups in total. The molecule has 2 aromatic rings. The maximum absolute atomic E-state index is 5.18. The smallest absolute Gasteiger partial charge is 0.118 e. The molecule has 2 aromatic carbocycles. The van der Waals surface area contributed by atoms with Crippen LogP contribution in [-0.4, -0.2) is 14.2 Å². The number of methoxy groups -OCH3 is 1. The highest BCUT2D eigenvalue weighted by molar-refractivity contribution is 9.08. The molecule has 0 fully saturated rings. The number of ether oxygens (including phenoxy) is 1. The molecule has 0 radical (unpaired) electrons. The fourth-order valence-electron chi connectivity index (χ4n) is 2.16. The second-order valence-electron chi connectivity index (χ2n) is 4.95. The van der Waals surface area contributed by atoms with E-state index in [2.05, 4.69) is 65.1 Å². The van der Waals surface area contributed by atoms with Gasteiger partial charge >= 0.3 is 0 Å². The van der Waals surface area contributed by atoms with Crippen LogP contribution in [0.25, 0.3) is 0 Å². The van der Waals surface area contributed by atoms with Gasteiger partial charge in [-0.15, -0.1) is 0 Å².